The Labute approximate surface area is 232 Å². The molecule has 2 aromatic carbocycles. The Hall–Kier alpha value is -4.93. The molecule has 40 heavy (non-hydrogen) atoms. The number of amides is 3. The normalized spacial score (nSPS) is 15.0. The lowest BCUT2D eigenvalue weighted by molar-refractivity contribution is -0.121. The first-order valence-electron chi connectivity index (χ1n) is 13.2. The van der Waals surface area contributed by atoms with E-state index in [1.54, 1.807) is 41.5 Å². The lowest BCUT2D eigenvalue weighted by Gasteiger charge is -2.41. The molecule has 0 bridgehead atoms. The highest BCUT2D eigenvalue weighted by Crippen LogP contribution is 2.22. The molecule has 2 N–H and O–H groups in total. The molecule has 3 amide bonds. The molecule has 3 heterocycles. The van der Waals surface area contributed by atoms with Crippen molar-refractivity contribution in [1.29, 1.82) is 0 Å². The Morgan fingerprint density at radius 2 is 1.93 bits per heavy atom. The van der Waals surface area contributed by atoms with Gasteiger partial charge in [0.05, 0.1) is 13.2 Å². The van der Waals surface area contributed by atoms with Crippen LogP contribution in [0.4, 0.5) is 16.3 Å². The number of anilines is 2. The first kappa shape index (κ1) is 26.7. The number of piperazine rings is 1. The number of rotatable bonds is 9. The fourth-order valence-corrected chi connectivity index (χ4v) is 4.70. The summed E-state index contributed by atoms with van der Waals surface area (Å²) in [6.07, 6.45) is 7.66. The van der Waals surface area contributed by atoms with Gasteiger partial charge < -0.3 is 25.2 Å². The molecular formula is C29H32N8O3. The fraction of sp³-hybridized carbons (Fsp3) is 0.276. The van der Waals surface area contributed by atoms with E-state index in [4.69, 9.17) is 9.72 Å². The third kappa shape index (κ3) is 6.73. The smallest absolute Gasteiger partial charge is 0.321 e. The third-order valence-electron chi connectivity index (χ3n) is 6.74. The zero-order valence-electron chi connectivity index (χ0n) is 22.3. The van der Waals surface area contributed by atoms with Gasteiger partial charge in [0.1, 0.15) is 17.9 Å². The molecule has 0 spiro atoms. The van der Waals surface area contributed by atoms with Crippen molar-refractivity contribution >= 4 is 23.4 Å². The van der Waals surface area contributed by atoms with Crippen LogP contribution in [0.25, 0.3) is 5.95 Å². The number of nitrogens with one attached hydrogen (secondary N) is 2. The average Bonchev–Trinajstić information content (AvgIpc) is 3.53. The molecule has 2 aromatic heterocycles. The summed E-state index contributed by atoms with van der Waals surface area (Å²) in [6, 6.07) is 18.5. The minimum absolute atomic E-state index is 0.0906. The van der Waals surface area contributed by atoms with Crippen molar-refractivity contribution in [3.05, 3.63) is 91.1 Å². The van der Waals surface area contributed by atoms with E-state index in [1.165, 1.54) is 0 Å². The highest BCUT2D eigenvalue weighted by Gasteiger charge is 2.32. The van der Waals surface area contributed by atoms with Crippen molar-refractivity contribution in [2.75, 3.05) is 43.5 Å². The van der Waals surface area contributed by atoms with Crippen LogP contribution in [-0.2, 0) is 11.2 Å². The maximum atomic E-state index is 13.1. The quantitative estimate of drug-likeness (QED) is 0.335. The molecular weight excluding hydrogens is 508 g/mol. The second-order valence-corrected chi connectivity index (χ2v) is 9.43. The molecule has 5 rings (SSSR count). The van der Waals surface area contributed by atoms with Crippen molar-refractivity contribution in [2.24, 2.45) is 0 Å². The van der Waals surface area contributed by atoms with Crippen LogP contribution in [0.2, 0.25) is 0 Å². The molecule has 0 radical (unpaired) electrons. The van der Waals surface area contributed by atoms with Crippen LogP contribution in [0.1, 0.15) is 12.0 Å². The minimum atomic E-state index is -0.280. The Bertz CT molecular complexity index is 1410. The van der Waals surface area contributed by atoms with Gasteiger partial charge in [0.15, 0.2) is 0 Å². The van der Waals surface area contributed by atoms with Gasteiger partial charge in [-0.2, -0.15) is 4.98 Å². The molecule has 1 saturated heterocycles. The number of ether oxygens (including phenoxy) is 1. The van der Waals surface area contributed by atoms with Crippen LogP contribution in [-0.4, -0.2) is 75.7 Å². The van der Waals surface area contributed by atoms with Gasteiger partial charge >= 0.3 is 6.03 Å². The maximum Gasteiger partial charge on any atom is 0.321 e. The van der Waals surface area contributed by atoms with E-state index in [1.807, 2.05) is 60.7 Å². The Morgan fingerprint density at radius 3 is 2.73 bits per heavy atom. The summed E-state index contributed by atoms with van der Waals surface area (Å²) in [7, 11) is 1.64. The summed E-state index contributed by atoms with van der Waals surface area (Å²) >= 11 is 0. The first-order chi connectivity index (χ1) is 19.6. The number of urea groups is 1. The molecule has 1 unspecified atom stereocenters. The Balaban J connectivity index is 1.28. The number of hydrogen-bond acceptors (Lipinski definition) is 7. The summed E-state index contributed by atoms with van der Waals surface area (Å²) < 4.78 is 7.02. The van der Waals surface area contributed by atoms with Crippen LogP contribution in [0, 0.1) is 0 Å². The summed E-state index contributed by atoms with van der Waals surface area (Å²) in [4.78, 5) is 43.2. The molecule has 1 fully saturated rings. The first-order valence-corrected chi connectivity index (χ1v) is 13.2. The second kappa shape index (κ2) is 12.7. The highest BCUT2D eigenvalue weighted by molar-refractivity contribution is 5.89. The number of hydrogen-bond donors (Lipinski definition) is 2. The largest absolute Gasteiger partial charge is 0.497 e. The van der Waals surface area contributed by atoms with Crippen LogP contribution < -0.4 is 20.3 Å². The van der Waals surface area contributed by atoms with Gasteiger partial charge in [-0.25, -0.2) is 14.8 Å². The molecule has 1 atom stereocenters. The highest BCUT2D eigenvalue weighted by atomic mass is 16.5. The van der Waals surface area contributed by atoms with Gasteiger partial charge in [0.25, 0.3) is 0 Å². The van der Waals surface area contributed by atoms with E-state index in [-0.39, 0.29) is 24.4 Å². The molecule has 11 heteroatoms. The van der Waals surface area contributed by atoms with E-state index in [9.17, 15) is 9.59 Å². The lowest BCUT2D eigenvalue weighted by atomic mass is 10.1. The van der Waals surface area contributed by atoms with Gasteiger partial charge in [-0.15, -0.1) is 0 Å². The lowest BCUT2D eigenvalue weighted by Crippen LogP contribution is -2.57. The standard InChI is InChI=1S/C29H32N8O3/c1-40-25-9-5-6-22(18-25)10-12-31-27(38)19-24-20-35(29(39)33-23-7-3-2-4-8-23)16-17-37(24)26-11-13-32-28(34-26)36-15-14-30-21-36/h2-9,11,13-15,18,21,24H,10,12,16-17,19-20H2,1H3,(H,31,38)(H,33,39). The van der Waals surface area contributed by atoms with Crippen molar-refractivity contribution in [3.63, 3.8) is 0 Å². The molecule has 206 valence electrons. The van der Waals surface area contributed by atoms with Crippen LogP contribution in [0.5, 0.6) is 5.75 Å². The van der Waals surface area contributed by atoms with Crippen molar-refractivity contribution in [3.8, 4) is 11.7 Å². The van der Waals surface area contributed by atoms with E-state index in [0.717, 1.165) is 17.0 Å². The molecule has 11 nitrogen and oxygen atoms in total. The van der Waals surface area contributed by atoms with E-state index >= 15 is 0 Å². The number of benzene rings is 2. The number of aromatic nitrogens is 4. The zero-order chi connectivity index (χ0) is 27.7. The fourth-order valence-electron chi connectivity index (χ4n) is 4.70. The SMILES string of the molecule is COc1cccc(CCNC(=O)CC2CN(C(=O)Nc3ccccc3)CCN2c2ccnc(-n3ccnc3)n2)c1. The number of carbonyl (C=O) groups excluding carboxylic acids is 2. The average molecular weight is 541 g/mol. The number of para-hydroxylation sites is 1. The molecule has 1 aliphatic rings. The van der Waals surface area contributed by atoms with E-state index in [0.29, 0.717) is 44.4 Å². The van der Waals surface area contributed by atoms with E-state index < -0.39 is 0 Å². The van der Waals surface area contributed by atoms with Crippen LogP contribution >= 0.6 is 0 Å². The van der Waals surface area contributed by atoms with Crippen molar-refractivity contribution in [2.45, 2.75) is 18.9 Å². The minimum Gasteiger partial charge on any atom is -0.497 e. The van der Waals surface area contributed by atoms with Gasteiger partial charge in [0.2, 0.25) is 11.9 Å². The van der Waals surface area contributed by atoms with E-state index in [2.05, 4.69) is 25.5 Å². The van der Waals surface area contributed by atoms with Crippen LogP contribution in [0.15, 0.2) is 85.6 Å². The number of methoxy groups -OCH3 is 1. The monoisotopic (exact) mass is 540 g/mol. The number of carbonyl (C=O) groups is 2. The number of nitrogens with zero attached hydrogens (tertiary/aromatic N) is 6. The topological polar surface area (TPSA) is 118 Å². The second-order valence-electron chi connectivity index (χ2n) is 9.43. The predicted octanol–water partition coefficient (Wildman–Crippen LogP) is 3.14. The molecule has 0 saturated carbocycles. The molecule has 1 aliphatic heterocycles. The van der Waals surface area contributed by atoms with Gasteiger partial charge in [0, 0.05) is 56.9 Å². The summed E-state index contributed by atoms with van der Waals surface area (Å²) in [6.45, 7) is 1.86. The Kier molecular flexibility index (Phi) is 8.50. The van der Waals surface area contributed by atoms with Crippen molar-refractivity contribution in [1.82, 2.24) is 29.7 Å². The van der Waals surface area contributed by atoms with Gasteiger partial charge in [-0.1, -0.05) is 30.3 Å². The molecule has 0 aliphatic carbocycles. The Morgan fingerprint density at radius 1 is 1.05 bits per heavy atom. The summed E-state index contributed by atoms with van der Waals surface area (Å²) in [5.41, 5.74) is 1.80. The van der Waals surface area contributed by atoms with Gasteiger partial charge in [-0.3, -0.25) is 9.36 Å². The van der Waals surface area contributed by atoms with Gasteiger partial charge in [-0.05, 0) is 42.3 Å². The summed E-state index contributed by atoms with van der Waals surface area (Å²) in [5, 5.41) is 5.99. The predicted molar refractivity (Wildman–Crippen MR) is 152 cm³/mol. The van der Waals surface area contributed by atoms with Crippen molar-refractivity contribution < 1.29 is 14.3 Å². The third-order valence-corrected chi connectivity index (χ3v) is 6.74. The van der Waals surface area contributed by atoms with Crippen LogP contribution in [0.3, 0.4) is 0 Å². The number of imidazole rings is 1. The maximum absolute atomic E-state index is 13.1. The summed E-state index contributed by atoms with van der Waals surface area (Å²) in [5.74, 6) is 1.87. The zero-order valence-corrected chi connectivity index (χ0v) is 22.3. The molecule has 4 aromatic rings.